The third-order valence-corrected chi connectivity index (χ3v) is 4.40. The van der Waals surface area contributed by atoms with Gasteiger partial charge in [-0.25, -0.2) is 15.0 Å². The van der Waals surface area contributed by atoms with Gasteiger partial charge in [-0.2, -0.15) is 9.61 Å². The van der Waals surface area contributed by atoms with Crippen LogP contribution < -0.4 is 0 Å². The summed E-state index contributed by atoms with van der Waals surface area (Å²) < 4.78 is 1.65. The summed E-state index contributed by atoms with van der Waals surface area (Å²) in [6.07, 6.45) is 1.69. The summed E-state index contributed by atoms with van der Waals surface area (Å²) in [4.78, 5) is 14.4. The molecule has 0 radical (unpaired) electrons. The van der Waals surface area contributed by atoms with Crippen LogP contribution >= 0.6 is 22.9 Å². The van der Waals surface area contributed by atoms with Gasteiger partial charge in [-0.1, -0.05) is 24.2 Å². The van der Waals surface area contributed by atoms with Gasteiger partial charge in [-0.3, -0.25) is 0 Å². The molecule has 108 valence electrons. The highest BCUT2D eigenvalue weighted by atomic mass is 35.5. The lowest BCUT2D eigenvalue weighted by Crippen LogP contribution is -1.99. The van der Waals surface area contributed by atoms with Crippen LogP contribution in [0, 0.1) is 0 Å². The van der Waals surface area contributed by atoms with Crippen molar-refractivity contribution in [1.29, 1.82) is 0 Å². The maximum absolute atomic E-state index is 6.32. The van der Waals surface area contributed by atoms with Crippen molar-refractivity contribution in [2.75, 3.05) is 0 Å². The molecule has 22 heavy (non-hydrogen) atoms. The zero-order chi connectivity index (χ0) is 15.3. The lowest BCUT2D eigenvalue weighted by molar-refractivity contribution is 0.948. The molecule has 0 saturated heterocycles. The Hall–Kier alpha value is -2.31. The standard InChI is InChI=1S/C15H10ClN5S/c1-8(2)9-6-12-17-7-10-15(21(12)20-9)19-14(16)13(18-10)11-4-3-5-22-11/h3-7H,1H2,2H3. The fraction of sp³-hybridized carbons (Fsp3) is 0.0667. The maximum Gasteiger partial charge on any atom is 0.184 e. The highest BCUT2D eigenvalue weighted by Gasteiger charge is 2.14. The highest BCUT2D eigenvalue weighted by molar-refractivity contribution is 7.13. The van der Waals surface area contributed by atoms with E-state index >= 15 is 0 Å². The van der Waals surface area contributed by atoms with Crippen LogP contribution in [0.25, 0.3) is 33.0 Å². The Balaban J connectivity index is 2.03. The molecule has 5 nitrogen and oxygen atoms in total. The van der Waals surface area contributed by atoms with Gasteiger partial charge in [0.05, 0.1) is 16.8 Å². The van der Waals surface area contributed by atoms with Crippen LogP contribution in [0.15, 0.2) is 36.4 Å². The number of aromatic nitrogens is 5. The Bertz CT molecular complexity index is 1020. The van der Waals surface area contributed by atoms with Crippen LogP contribution in [-0.4, -0.2) is 24.6 Å². The van der Waals surface area contributed by atoms with Crippen molar-refractivity contribution in [2.45, 2.75) is 6.92 Å². The normalized spacial score (nSPS) is 11.4. The zero-order valence-electron chi connectivity index (χ0n) is 11.6. The number of allylic oxidation sites excluding steroid dienone is 1. The Morgan fingerprint density at radius 3 is 2.95 bits per heavy atom. The first-order valence-corrected chi connectivity index (χ1v) is 7.81. The number of hydrogen-bond acceptors (Lipinski definition) is 5. The second-order valence-electron chi connectivity index (χ2n) is 4.89. The molecule has 0 aliphatic heterocycles. The summed E-state index contributed by atoms with van der Waals surface area (Å²) in [5.41, 5.74) is 4.24. The number of thiophene rings is 1. The van der Waals surface area contributed by atoms with Crippen LogP contribution in [0.1, 0.15) is 12.6 Å². The molecular weight excluding hydrogens is 318 g/mol. The molecule has 0 aliphatic carbocycles. The fourth-order valence-corrected chi connectivity index (χ4v) is 3.18. The SMILES string of the molecule is C=C(C)c1cc2ncc3nc(-c4cccs4)c(Cl)nc3n2n1. The molecule has 0 spiro atoms. The Morgan fingerprint density at radius 1 is 1.36 bits per heavy atom. The molecule has 4 rings (SSSR count). The molecule has 4 aromatic rings. The molecule has 0 aliphatic rings. The number of fused-ring (bicyclic) bond motifs is 3. The van der Waals surface area contributed by atoms with Gasteiger partial charge in [0, 0.05) is 6.07 Å². The average molecular weight is 328 g/mol. The van der Waals surface area contributed by atoms with Crippen molar-refractivity contribution in [3.63, 3.8) is 0 Å². The van der Waals surface area contributed by atoms with E-state index in [2.05, 4.69) is 26.6 Å². The van der Waals surface area contributed by atoms with E-state index < -0.39 is 0 Å². The van der Waals surface area contributed by atoms with Crippen LogP contribution in [0.3, 0.4) is 0 Å². The molecule has 4 heterocycles. The van der Waals surface area contributed by atoms with Gasteiger partial charge >= 0.3 is 0 Å². The van der Waals surface area contributed by atoms with Crippen molar-refractivity contribution in [3.05, 3.63) is 47.2 Å². The van der Waals surface area contributed by atoms with E-state index in [0.717, 1.165) is 16.1 Å². The molecule has 0 unspecified atom stereocenters. The summed E-state index contributed by atoms with van der Waals surface area (Å²) in [7, 11) is 0. The minimum absolute atomic E-state index is 0.356. The minimum atomic E-state index is 0.356. The van der Waals surface area contributed by atoms with Gasteiger partial charge in [-0.15, -0.1) is 11.3 Å². The molecule has 4 aromatic heterocycles. The molecule has 0 aromatic carbocycles. The van der Waals surface area contributed by atoms with Crippen LogP contribution in [-0.2, 0) is 0 Å². The predicted molar refractivity (Wildman–Crippen MR) is 89.1 cm³/mol. The Labute approximate surface area is 134 Å². The first-order valence-electron chi connectivity index (χ1n) is 6.55. The van der Waals surface area contributed by atoms with E-state index in [1.807, 2.05) is 30.5 Å². The van der Waals surface area contributed by atoms with Crippen molar-refractivity contribution in [2.24, 2.45) is 0 Å². The smallest absolute Gasteiger partial charge is 0.184 e. The molecule has 0 saturated carbocycles. The first-order chi connectivity index (χ1) is 10.6. The van der Waals surface area contributed by atoms with Gasteiger partial charge in [0.15, 0.2) is 16.4 Å². The van der Waals surface area contributed by atoms with E-state index in [1.54, 1.807) is 22.0 Å². The van der Waals surface area contributed by atoms with Crippen molar-refractivity contribution in [1.82, 2.24) is 24.6 Å². The van der Waals surface area contributed by atoms with Gasteiger partial charge in [0.2, 0.25) is 0 Å². The topological polar surface area (TPSA) is 56.0 Å². The summed E-state index contributed by atoms with van der Waals surface area (Å²) in [6, 6.07) is 5.78. The predicted octanol–water partition coefficient (Wildman–Crippen LogP) is 4.09. The maximum atomic E-state index is 6.32. The lowest BCUT2D eigenvalue weighted by Gasteiger charge is -2.04. The van der Waals surface area contributed by atoms with Gasteiger partial charge in [0.25, 0.3) is 0 Å². The molecule has 0 N–H and O–H groups in total. The third kappa shape index (κ3) is 2.00. The summed E-state index contributed by atoms with van der Waals surface area (Å²) in [5, 5.41) is 6.80. The third-order valence-electron chi connectivity index (χ3n) is 3.26. The second kappa shape index (κ2) is 4.86. The van der Waals surface area contributed by atoms with E-state index in [1.165, 1.54) is 0 Å². The summed E-state index contributed by atoms with van der Waals surface area (Å²) >= 11 is 7.89. The van der Waals surface area contributed by atoms with Crippen molar-refractivity contribution >= 4 is 45.3 Å². The largest absolute Gasteiger partial charge is 0.239 e. The quantitative estimate of drug-likeness (QED) is 0.556. The summed E-state index contributed by atoms with van der Waals surface area (Å²) in [5.74, 6) is 0. The van der Waals surface area contributed by atoms with E-state index in [-0.39, 0.29) is 0 Å². The van der Waals surface area contributed by atoms with Crippen LogP contribution in [0.2, 0.25) is 5.15 Å². The molecule has 0 fully saturated rings. The Kier molecular flexibility index (Phi) is 2.95. The second-order valence-corrected chi connectivity index (χ2v) is 6.19. The highest BCUT2D eigenvalue weighted by Crippen LogP contribution is 2.30. The van der Waals surface area contributed by atoms with E-state index in [0.29, 0.717) is 27.7 Å². The van der Waals surface area contributed by atoms with Crippen molar-refractivity contribution < 1.29 is 0 Å². The lowest BCUT2D eigenvalue weighted by atomic mass is 10.2. The van der Waals surface area contributed by atoms with Crippen molar-refractivity contribution in [3.8, 4) is 10.6 Å². The number of rotatable bonds is 2. The monoisotopic (exact) mass is 327 g/mol. The number of nitrogens with zero attached hydrogens (tertiary/aromatic N) is 5. The molecule has 0 amide bonds. The molecule has 0 bridgehead atoms. The summed E-state index contributed by atoms with van der Waals surface area (Å²) in [6.45, 7) is 5.80. The Morgan fingerprint density at radius 2 is 2.23 bits per heavy atom. The minimum Gasteiger partial charge on any atom is -0.239 e. The average Bonchev–Trinajstić information content (AvgIpc) is 3.16. The molecule has 7 heteroatoms. The zero-order valence-corrected chi connectivity index (χ0v) is 13.2. The fourth-order valence-electron chi connectivity index (χ4n) is 2.19. The molecule has 0 atom stereocenters. The number of halogens is 1. The van der Waals surface area contributed by atoms with E-state index in [4.69, 9.17) is 11.6 Å². The molecular formula is C15H10ClN5S. The van der Waals surface area contributed by atoms with Gasteiger partial charge < -0.3 is 0 Å². The van der Waals surface area contributed by atoms with E-state index in [9.17, 15) is 0 Å². The van der Waals surface area contributed by atoms with Gasteiger partial charge in [-0.05, 0) is 23.9 Å². The van der Waals surface area contributed by atoms with Crippen LogP contribution in [0.5, 0.6) is 0 Å². The van der Waals surface area contributed by atoms with Gasteiger partial charge in [0.1, 0.15) is 11.2 Å². The first kappa shape index (κ1) is 13.4. The number of hydrogen-bond donors (Lipinski definition) is 0. The van der Waals surface area contributed by atoms with Crippen LogP contribution in [0.4, 0.5) is 0 Å².